The molecule has 1 aromatic rings. The van der Waals surface area contributed by atoms with Crippen molar-refractivity contribution in [3.63, 3.8) is 0 Å². The molecule has 1 heterocycles. The molecule has 0 radical (unpaired) electrons. The fraction of sp³-hybridized carbons (Fsp3) is 0.647. The summed E-state index contributed by atoms with van der Waals surface area (Å²) in [4.78, 5) is 2.70. The number of sulfonamides is 1. The number of hydrogen-bond donors (Lipinski definition) is 1. The number of morpholine rings is 1. The van der Waals surface area contributed by atoms with Crippen LogP contribution in [0.5, 0.6) is 5.75 Å². The van der Waals surface area contributed by atoms with Gasteiger partial charge in [-0.3, -0.25) is 4.90 Å². The van der Waals surface area contributed by atoms with Crippen molar-refractivity contribution < 1.29 is 17.9 Å². The van der Waals surface area contributed by atoms with E-state index < -0.39 is 10.0 Å². The molecule has 2 fully saturated rings. The number of benzene rings is 1. The molecule has 1 N–H and O–H groups in total. The van der Waals surface area contributed by atoms with Crippen LogP contribution >= 0.6 is 0 Å². The largest absolute Gasteiger partial charge is 0.494 e. The van der Waals surface area contributed by atoms with Gasteiger partial charge >= 0.3 is 0 Å². The normalized spacial score (nSPS) is 22.5. The van der Waals surface area contributed by atoms with E-state index in [2.05, 4.69) is 9.62 Å². The Morgan fingerprint density at radius 3 is 2.83 bits per heavy atom. The van der Waals surface area contributed by atoms with Crippen LogP contribution in [0.2, 0.25) is 0 Å². The monoisotopic (exact) mass is 354 g/mol. The van der Waals surface area contributed by atoms with E-state index in [1.165, 1.54) is 12.8 Å². The van der Waals surface area contributed by atoms with E-state index in [1.807, 2.05) is 6.92 Å². The van der Waals surface area contributed by atoms with Gasteiger partial charge in [-0.25, -0.2) is 13.1 Å². The lowest BCUT2D eigenvalue weighted by Crippen LogP contribution is -2.48. The van der Waals surface area contributed by atoms with Crippen LogP contribution in [-0.4, -0.2) is 58.3 Å². The molecule has 6 nitrogen and oxygen atoms in total. The quantitative estimate of drug-likeness (QED) is 0.804. The zero-order valence-electron chi connectivity index (χ0n) is 14.3. The molecule has 2 aliphatic rings. The van der Waals surface area contributed by atoms with E-state index in [-0.39, 0.29) is 6.10 Å². The summed E-state index contributed by atoms with van der Waals surface area (Å²) in [6.07, 6.45) is 2.42. The molecular formula is C17H26N2O4S. The van der Waals surface area contributed by atoms with E-state index in [9.17, 15) is 8.42 Å². The number of ether oxygens (including phenoxy) is 2. The van der Waals surface area contributed by atoms with Crippen LogP contribution in [0.4, 0.5) is 0 Å². The number of rotatable bonds is 7. The van der Waals surface area contributed by atoms with Gasteiger partial charge in [-0.05, 0) is 50.5 Å². The summed E-state index contributed by atoms with van der Waals surface area (Å²) in [5.74, 6) is 0.685. The van der Waals surface area contributed by atoms with Gasteiger partial charge in [0.1, 0.15) is 5.75 Å². The summed E-state index contributed by atoms with van der Waals surface area (Å²) < 4.78 is 39.0. The highest BCUT2D eigenvalue weighted by molar-refractivity contribution is 7.89. The van der Waals surface area contributed by atoms with Crippen LogP contribution < -0.4 is 9.46 Å². The minimum atomic E-state index is -3.55. The zero-order valence-corrected chi connectivity index (χ0v) is 15.1. The van der Waals surface area contributed by atoms with E-state index in [4.69, 9.17) is 9.47 Å². The first kappa shape index (κ1) is 17.7. The molecule has 1 aliphatic carbocycles. The highest BCUT2D eigenvalue weighted by Gasteiger charge is 2.33. The van der Waals surface area contributed by atoms with Gasteiger partial charge in [-0.15, -0.1) is 0 Å². The van der Waals surface area contributed by atoms with E-state index >= 15 is 0 Å². The Labute approximate surface area is 144 Å². The fourth-order valence-electron chi connectivity index (χ4n) is 3.10. The summed E-state index contributed by atoms with van der Waals surface area (Å²) in [5.41, 5.74) is 0.678. The van der Waals surface area contributed by atoms with Crippen LogP contribution in [0.3, 0.4) is 0 Å². The Balaban J connectivity index is 1.61. The third-order valence-electron chi connectivity index (χ3n) is 4.48. The predicted octanol–water partition coefficient (Wildman–Crippen LogP) is 1.54. The standard InChI is InChI=1S/C17H26N2O4S/c1-3-22-15-6-7-17(13(2)10-15)24(20,21)18-11-16-12-19(8-9-23-16)14-4-5-14/h6-7,10,14,16,18H,3-5,8-9,11-12H2,1-2H3. The lowest BCUT2D eigenvalue weighted by molar-refractivity contribution is -0.0277. The van der Waals surface area contributed by atoms with Crippen molar-refractivity contribution in [3.05, 3.63) is 23.8 Å². The molecule has 1 saturated carbocycles. The van der Waals surface area contributed by atoms with Crippen LogP contribution in [-0.2, 0) is 14.8 Å². The summed E-state index contributed by atoms with van der Waals surface area (Å²) >= 11 is 0. The van der Waals surface area contributed by atoms with Gasteiger partial charge in [0, 0.05) is 25.7 Å². The van der Waals surface area contributed by atoms with E-state index in [1.54, 1.807) is 25.1 Å². The maximum atomic E-state index is 12.6. The topological polar surface area (TPSA) is 67.9 Å². The summed E-state index contributed by atoms with van der Waals surface area (Å²) in [6.45, 7) is 6.96. The minimum Gasteiger partial charge on any atom is -0.494 e. The Hall–Kier alpha value is -1.15. The van der Waals surface area contributed by atoms with Crippen molar-refractivity contribution in [1.82, 2.24) is 9.62 Å². The van der Waals surface area contributed by atoms with Crippen molar-refractivity contribution in [3.8, 4) is 5.75 Å². The Morgan fingerprint density at radius 2 is 2.17 bits per heavy atom. The highest BCUT2D eigenvalue weighted by Crippen LogP contribution is 2.28. The molecule has 7 heteroatoms. The van der Waals surface area contributed by atoms with Gasteiger partial charge < -0.3 is 9.47 Å². The molecule has 3 rings (SSSR count). The van der Waals surface area contributed by atoms with Crippen molar-refractivity contribution in [1.29, 1.82) is 0 Å². The first-order valence-corrected chi connectivity index (χ1v) is 10.1. The van der Waals surface area contributed by atoms with Gasteiger partial charge in [0.25, 0.3) is 0 Å². The van der Waals surface area contributed by atoms with Crippen molar-refractivity contribution in [2.75, 3.05) is 32.8 Å². The van der Waals surface area contributed by atoms with E-state index in [0.29, 0.717) is 42.0 Å². The van der Waals surface area contributed by atoms with Crippen LogP contribution in [0.15, 0.2) is 23.1 Å². The fourth-order valence-corrected chi connectivity index (χ4v) is 4.39. The molecule has 1 atom stereocenters. The Bertz CT molecular complexity index is 673. The van der Waals surface area contributed by atoms with Gasteiger partial charge in [-0.2, -0.15) is 0 Å². The zero-order chi connectivity index (χ0) is 17.2. The number of nitrogens with zero attached hydrogens (tertiary/aromatic N) is 1. The van der Waals surface area contributed by atoms with Gasteiger partial charge in [-0.1, -0.05) is 0 Å². The van der Waals surface area contributed by atoms with Crippen LogP contribution in [0, 0.1) is 6.92 Å². The lowest BCUT2D eigenvalue weighted by Gasteiger charge is -2.33. The molecule has 1 saturated heterocycles. The van der Waals surface area contributed by atoms with Crippen LogP contribution in [0.1, 0.15) is 25.3 Å². The van der Waals surface area contributed by atoms with Crippen molar-refractivity contribution >= 4 is 10.0 Å². The molecule has 1 aromatic carbocycles. The summed E-state index contributed by atoms with van der Waals surface area (Å²) in [7, 11) is -3.55. The van der Waals surface area contributed by atoms with Gasteiger partial charge in [0.15, 0.2) is 0 Å². The second-order valence-electron chi connectivity index (χ2n) is 6.43. The maximum absolute atomic E-state index is 12.6. The van der Waals surface area contributed by atoms with Gasteiger partial charge in [0.2, 0.25) is 10.0 Å². The third-order valence-corrected chi connectivity index (χ3v) is 6.07. The highest BCUT2D eigenvalue weighted by atomic mass is 32.2. The SMILES string of the molecule is CCOc1ccc(S(=O)(=O)NCC2CN(C3CC3)CCO2)c(C)c1. The molecule has 24 heavy (non-hydrogen) atoms. The maximum Gasteiger partial charge on any atom is 0.240 e. The van der Waals surface area contributed by atoms with Gasteiger partial charge in [0.05, 0.1) is 24.2 Å². The predicted molar refractivity (Wildman–Crippen MR) is 91.9 cm³/mol. The van der Waals surface area contributed by atoms with Crippen molar-refractivity contribution in [2.24, 2.45) is 0 Å². The number of aryl methyl sites for hydroxylation is 1. The first-order valence-electron chi connectivity index (χ1n) is 8.58. The lowest BCUT2D eigenvalue weighted by atomic mass is 10.2. The average Bonchev–Trinajstić information content (AvgIpc) is 3.38. The molecule has 1 unspecified atom stereocenters. The number of nitrogens with one attached hydrogen (secondary N) is 1. The molecular weight excluding hydrogens is 328 g/mol. The molecule has 0 spiro atoms. The minimum absolute atomic E-state index is 0.0860. The molecule has 0 aromatic heterocycles. The molecule has 0 amide bonds. The summed E-state index contributed by atoms with van der Waals surface area (Å²) in [6, 6.07) is 5.73. The average molecular weight is 354 g/mol. The molecule has 1 aliphatic heterocycles. The molecule has 0 bridgehead atoms. The third kappa shape index (κ3) is 4.27. The first-order chi connectivity index (χ1) is 11.5. The van der Waals surface area contributed by atoms with Crippen LogP contribution in [0.25, 0.3) is 0 Å². The van der Waals surface area contributed by atoms with Crippen molar-refractivity contribution in [2.45, 2.75) is 43.7 Å². The smallest absolute Gasteiger partial charge is 0.240 e. The second kappa shape index (κ2) is 7.39. The second-order valence-corrected chi connectivity index (χ2v) is 8.17. The summed E-state index contributed by atoms with van der Waals surface area (Å²) in [5, 5.41) is 0. The molecule has 134 valence electrons. The Kier molecular flexibility index (Phi) is 5.44. The Morgan fingerprint density at radius 1 is 1.38 bits per heavy atom. The van der Waals surface area contributed by atoms with E-state index in [0.717, 1.165) is 13.1 Å². The number of hydrogen-bond acceptors (Lipinski definition) is 5.